The van der Waals surface area contributed by atoms with Crippen LogP contribution < -0.4 is 5.32 Å². The molecule has 0 spiro atoms. The number of nitrogens with zero attached hydrogens (tertiary/aromatic N) is 3. The van der Waals surface area contributed by atoms with Gasteiger partial charge in [0.15, 0.2) is 5.82 Å². The Balaban J connectivity index is 1.87. The van der Waals surface area contributed by atoms with Crippen molar-refractivity contribution in [2.45, 2.75) is 6.42 Å². The van der Waals surface area contributed by atoms with Gasteiger partial charge in [0.1, 0.15) is 17.5 Å². The fourth-order valence-electron chi connectivity index (χ4n) is 2.99. The molecule has 0 saturated heterocycles. The summed E-state index contributed by atoms with van der Waals surface area (Å²) >= 11 is 0. The third kappa shape index (κ3) is 2.94. The van der Waals surface area contributed by atoms with E-state index in [0.29, 0.717) is 17.2 Å². The van der Waals surface area contributed by atoms with Gasteiger partial charge in [-0.3, -0.25) is 4.99 Å². The first-order valence-corrected chi connectivity index (χ1v) is 8.31. The van der Waals surface area contributed by atoms with Crippen molar-refractivity contribution in [3.8, 4) is 11.1 Å². The molecule has 6 heteroatoms. The topological polar surface area (TPSA) is 50.2 Å². The summed E-state index contributed by atoms with van der Waals surface area (Å²) in [5.74, 6) is 0.266. The van der Waals surface area contributed by atoms with Crippen LogP contribution in [0.3, 0.4) is 0 Å². The summed E-state index contributed by atoms with van der Waals surface area (Å²) in [5, 5.41) is 3.80. The van der Waals surface area contributed by atoms with Crippen molar-refractivity contribution in [1.82, 2.24) is 9.97 Å². The molecule has 0 atom stereocenters. The highest BCUT2D eigenvalue weighted by atomic mass is 19.1. The zero-order valence-electron chi connectivity index (χ0n) is 14.1. The quantitative estimate of drug-likeness (QED) is 0.758. The SMILES string of the molecule is CNc1nc(C2=CCCN=C2)nc2ccc(-c3cc(F)ccc3F)cc12. The molecule has 0 unspecified atom stereocenters. The van der Waals surface area contributed by atoms with Crippen LogP contribution >= 0.6 is 0 Å². The van der Waals surface area contributed by atoms with E-state index in [0.717, 1.165) is 41.6 Å². The van der Waals surface area contributed by atoms with Crippen LogP contribution in [0.1, 0.15) is 12.2 Å². The molecule has 130 valence electrons. The smallest absolute Gasteiger partial charge is 0.163 e. The lowest BCUT2D eigenvalue weighted by Crippen LogP contribution is -2.04. The van der Waals surface area contributed by atoms with Crippen molar-refractivity contribution in [1.29, 1.82) is 0 Å². The normalized spacial score (nSPS) is 13.7. The summed E-state index contributed by atoms with van der Waals surface area (Å²) in [6.07, 6.45) is 4.70. The number of benzene rings is 2. The van der Waals surface area contributed by atoms with Crippen molar-refractivity contribution >= 4 is 28.5 Å². The van der Waals surface area contributed by atoms with Crippen LogP contribution in [0, 0.1) is 11.6 Å². The minimum Gasteiger partial charge on any atom is -0.373 e. The minimum atomic E-state index is -0.481. The zero-order valence-corrected chi connectivity index (χ0v) is 14.1. The fourth-order valence-corrected chi connectivity index (χ4v) is 2.99. The molecule has 2 heterocycles. The number of aliphatic imine (C=N–C) groups is 1. The molecule has 0 amide bonds. The van der Waals surface area contributed by atoms with E-state index in [9.17, 15) is 8.78 Å². The van der Waals surface area contributed by atoms with Gasteiger partial charge in [-0.1, -0.05) is 12.1 Å². The van der Waals surface area contributed by atoms with Crippen molar-refractivity contribution in [2.75, 3.05) is 18.9 Å². The summed E-state index contributed by atoms with van der Waals surface area (Å²) in [4.78, 5) is 13.4. The zero-order chi connectivity index (χ0) is 18.1. The number of nitrogens with one attached hydrogen (secondary N) is 1. The van der Waals surface area contributed by atoms with Gasteiger partial charge >= 0.3 is 0 Å². The summed E-state index contributed by atoms with van der Waals surface area (Å²) in [5.41, 5.74) is 2.38. The molecular weight excluding hydrogens is 334 g/mol. The Kier molecular flexibility index (Phi) is 4.16. The Bertz CT molecular complexity index is 1060. The Morgan fingerprint density at radius 2 is 1.92 bits per heavy atom. The third-order valence-electron chi connectivity index (χ3n) is 4.28. The number of fused-ring (bicyclic) bond motifs is 1. The standard InChI is InChI=1S/C20H16F2N4/c1-23-20-16-9-12(15-10-14(21)5-6-17(15)22)4-7-18(16)25-19(26-20)13-3-2-8-24-11-13/h3-7,9-11H,2,8H2,1H3,(H,23,25,26). The van der Waals surface area contributed by atoms with E-state index in [-0.39, 0.29) is 5.56 Å². The highest BCUT2D eigenvalue weighted by molar-refractivity contribution is 6.09. The lowest BCUT2D eigenvalue weighted by Gasteiger charge is -2.12. The molecule has 1 aliphatic rings. The van der Waals surface area contributed by atoms with Gasteiger partial charge in [0.05, 0.1) is 5.52 Å². The molecule has 0 radical (unpaired) electrons. The largest absolute Gasteiger partial charge is 0.373 e. The van der Waals surface area contributed by atoms with Crippen LogP contribution in [0.2, 0.25) is 0 Å². The fraction of sp³-hybridized carbons (Fsp3) is 0.150. The third-order valence-corrected chi connectivity index (χ3v) is 4.28. The van der Waals surface area contributed by atoms with E-state index in [1.807, 2.05) is 0 Å². The van der Waals surface area contributed by atoms with Crippen LogP contribution in [0.25, 0.3) is 27.6 Å². The number of allylic oxidation sites excluding steroid dienone is 1. The molecule has 1 N–H and O–H groups in total. The Hall–Kier alpha value is -3.15. The number of rotatable bonds is 3. The monoisotopic (exact) mass is 350 g/mol. The van der Waals surface area contributed by atoms with Crippen molar-refractivity contribution in [3.05, 3.63) is 59.9 Å². The van der Waals surface area contributed by atoms with Gasteiger partial charge < -0.3 is 5.32 Å². The Morgan fingerprint density at radius 1 is 1.04 bits per heavy atom. The summed E-state index contributed by atoms with van der Waals surface area (Å²) < 4.78 is 27.6. The molecule has 0 aliphatic carbocycles. The highest BCUT2D eigenvalue weighted by Gasteiger charge is 2.13. The number of anilines is 1. The predicted molar refractivity (Wildman–Crippen MR) is 100 cm³/mol. The van der Waals surface area contributed by atoms with Crippen LogP contribution in [0.15, 0.2) is 47.5 Å². The van der Waals surface area contributed by atoms with Crippen molar-refractivity contribution in [2.24, 2.45) is 4.99 Å². The second-order valence-corrected chi connectivity index (χ2v) is 5.99. The van der Waals surface area contributed by atoms with Gasteiger partial charge in [0, 0.05) is 36.3 Å². The maximum atomic E-state index is 14.1. The first kappa shape index (κ1) is 16.3. The lowest BCUT2D eigenvalue weighted by atomic mass is 10.0. The van der Waals surface area contributed by atoms with Gasteiger partial charge in [0.25, 0.3) is 0 Å². The highest BCUT2D eigenvalue weighted by Crippen LogP contribution is 2.30. The first-order valence-electron chi connectivity index (χ1n) is 8.31. The van der Waals surface area contributed by atoms with Gasteiger partial charge in [-0.2, -0.15) is 0 Å². The minimum absolute atomic E-state index is 0.208. The van der Waals surface area contributed by atoms with Gasteiger partial charge in [-0.25, -0.2) is 18.7 Å². The molecule has 0 bridgehead atoms. The number of hydrogen-bond donors (Lipinski definition) is 1. The molecule has 1 aromatic heterocycles. The molecule has 0 saturated carbocycles. The van der Waals surface area contributed by atoms with E-state index in [1.54, 1.807) is 31.5 Å². The second kappa shape index (κ2) is 6.63. The maximum Gasteiger partial charge on any atom is 0.163 e. The van der Waals surface area contributed by atoms with E-state index < -0.39 is 11.6 Å². The predicted octanol–water partition coefficient (Wildman–Crippen LogP) is 4.47. The van der Waals surface area contributed by atoms with Crippen molar-refractivity contribution < 1.29 is 8.78 Å². The molecule has 26 heavy (non-hydrogen) atoms. The Morgan fingerprint density at radius 3 is 2.69 bits per heavy atom. The van der Waals surface area contributed by atoms with Crippen LogP contribution in [-0.4, -0.2) is 29.8 Å². The number of hydrogen-bond acceptors (Lipinski definition) is 4. The molecule has 2 aromatic carbocycles. The number of dihydropyridines is 1. The van der Waals surface area contributed by atoms with Gasteiger partial charge in [0.2, 0.25) is 0 Å². The van der Waals surface area contributed by atoms with E-state index in [4.69, 9.17) is 0 Å². The molecule has 4 nitrogen and oxygen atoms in total. The Labute approximate surface area is 149 Å². The lowest BCUT2D eigenvalue weighted by molar-refractivity contribution is 0.603. The average Bonchev–Trinajstić information content (AvgIpc) is 2.69. The maximum absolute atomic E-state index is 14.1. The van der Waals surface area contributed by atoms with Gasteiger partial charge in [-0.15, -0.1) is 0 Å². The summed E-state index contributed by atoms with van der Waals surface area (Å²) in [6, 6.07) is 8.72. The second-order valence-electron chi connectivity index (χ2n) is 5.99. The molecule has 4 rings (SSSR count). The van der Waals surface area contributed by atoms with Crippen LogP contribution in [0.4, 0.5) is 14.6 Å². The van der Waals surface area contributed by atoms with E-state index >= 15 is 0 Å². The van der Waals surface area contributed by atoms with Crippen molar-refractivity contribution in [3.63, 3.8) is 0 Å². The van der Waals surface area contributed by atoms with E-state index in [1.165, 1.54) is 6.07 Å². The molecule has 3 aromatic rings. The van der Waals surface area contributed by atoms with Crippen LogP contribution in [-0.2, 0) is 0 Å². The molecule has 0 fully saturated rings. The van der Waals surface area contributed by atoms with E-state index in [2.05, 4.69) is 26.4 Å². The summed E-state index contributed by atoms with van der Waals surface area (Å²) in [7, 11) is 1.77. The molecular formula is C20H16F2N4. The first-order chi connectivity index (χ1) is 12.7. The van der Waals surface area contributed by atoms with Crippen LogP contribution in [0.5, 0.6) is 0 Å². The number of aromatic nitrogens is 2. The molecule has 1 aliphatic heterocycles. The summed E-state index contributed by atoms with van der Waals surface area (Å²) in [6.45, 7) is 0.776. The van der Waals surface area contributed by atoms with Gasteiger partial charge in [-0.05, 0) is 42.3 Å². The average molecular weight is 350 g/mol. The number of halogens is 2.